The van der Waals surface area contributed by atoms with Crippen LogP contribution >= 0.6 is 27.3 Å². The van der Waals surface area contributed by atoms with Crippen LogP contribution in [0.4, 0.5) is 0 Å². The number of ether oxygens (including phenoxy) is 1. The van der Waals surface area contributed by atoms with E-state index in [1.807, 2.05) is 11.4 Å². The predicted molar refractivity (Wildman–Crippen MR) is 64.9 cm³/mol. The number of hydrogen-bond donors (Lipinski definition) is 1. The minimum atomic E-state index is -0.198. The monoisotopic (exact) mass is 291 g/mol. The highest BCUT2D eigenvalue weighted by atomic mass is 79.9. The SMILES string of the molecule is COC(=O)CCC(N)Cc1sccc1Br. The maximum atomic E-state index is 10.9. The zero-order valence-corrected chi connectivity index (χ0v) is 10.9. The average Bonchev–Trinajstić information content (AvgIpc) is 2.61. The molecule has 1 unspecified atom stereocenters. The van der Waals surface area contributed by atoms with E-state index in [1.165, 1.54) is 12.0 Å². The molecule has 0 saturated carbocycles. The first-order valence-corrected chi connectivity index (χ1v) is 6.35. The summed E-state index contributed by atoms with van der Waals surface area (Å²) in [7, 11) is 1.39. The van der Waals surface area contributed by atoms with Crippen LogP contribution in [-0.2, 0) is 16.0 Å². The van der Waals surface area contributed by atoms with Gasteiger partial charge in [0.15, 0.2) is 0 Å². The summed E-state index contributed by atoms with van der Waals surface area (Å²) < 4.78 is 5.66. The van der Waals surface area contributed by atoms with E-state index in [0.717, 1.165) is 10.9 Å². The molecule has 84 valence electrons. The van der Waals surface area contributed by atoms with E-state index in [-0.39, 0.29) is 12.0 Å². The summed E-state index contributed by atoms with van der Waals surface area (Å²) in [6.07, 6.45) is 1.85. The predicted octanol–water partition coefficient (Wildman–Crippen LogP) is 2.33. The van der Waals surface area contributed by atoms with Gasteiger partial charge in [0.1, 0.15) is 0 Å². The van der Waals surface area contributed by atoms with Gasteiger partial charge in [-0.3, -0.25) is 4.79 Å². The van der Waals surface area contributed by atoms with Crippen molar-refractivity contribution >= 4 is 33.2 Å². The van der Waals surface area contributed by atoms with Crippen LogP contribution in [-0.4, -0.2) is 19.1 Å². The second-order valence-corrected chi connectivity index (χ2v) is 5.13. The van der Waals surface area contributed by atoms with Crippen LogP contribution in [0.25, 0.3) is 0 Å². The van der Waals surface area contributed by atoms with Gasteiger partial charge in [-0.05, 0) is 40.2 Å². The van der Waals surface area contributed by atoms with Gasteiger partial charge in [-0.25, -0.2) is 0 Å². The fraction of sp³-hybridized carbons (Fsp3) is 0.500. The largest absolute Gasteiger partial charge is 0.469 e. The van der Waals surface area contributed by atoms with Gasteiger partial charge in [0, 0.05) is 21.8 Å². The Hall–Kier alpha value is -0.390. The standard InChI is InChI=1S/C10H14BrNO2S/c1-14-10(13)3-2-7(12)6-9-8(11)4-5-15-9/h4-5,7H,2-3,6,12H2,1H3. The number of carbonyl (C=O) groups excluding carboxylic acids is 1. The van der Waals surface area contributed by atoms with Crippen molar-refractivity contribution in [2.45, 2.75) is 25.3 Å². The summed E-state index contributed by atoms with van der Waals surface area (Å²) in [5.41, 5.74) is 5.91. The minimum absolute atomic E-state index is 0.0130. The molecule has 2 N–H and O–H groups in total. The van der Waals surface area contributed by atoms with Crippen molar-refractivity contribution in [3.05, 3.63) is 20.8 Å². The topological polar surface area (TPSA) is 52.3 Å². The van der Waals surface area contributed by atoms with E-state index in [4.69, 9.17) is 5.73 Å². The molecule has 0 spiro atoms. The Morgan fingerprint density at radius 3 is 3.00 bits per heavy atom. The van der Waals surface area contributed by atoms with Crippen molar-refractivity contribution in [3.8, 4) is 0 Å². The number of esters is 1. The van der Waals surface area contributed by atoms with Crippen LogP contribution in [0.1, 0.15) is 17.7 Å². The van der Waals surface area contributed by atoms with Crippen LogP contribution < -0.4 is 5.73 Å². The molecule has 1 rings (SSSR count). The number of nitrogens with two attached hydrogens (primary N) is 1. The van der Waals surface area contributed by atoms with Crippen molar-refractivity contribution in [1.82, 2.24) is 0 Å². The lowest BCUT2D eigenvalue weighted by atomic mass is 10.1. The lowest BCUT2D eigenvalue weighted by Gasteiger charge is -2.09. The normalized spacial score (nSPS) is 12.5. The third-order valence-electron chi connectivity index (χ3n) is 2.09. The summed E-state index contributed by atoms with van der Waals surface area (Å²) >= 11 is 5.13. The lowest BCUT2D eigenvalue weighted by molar-refractivity contribution is -0.140. The summed E-state index contributed by atoms with van der Waals surface area (Å²) in [6, 6.07) is 2.02. The van der Waals surface area contributed by atoms with Gasteiger partial charge >= 0.3 is 5.97 Å². The number of methoxy groups -OCH3 is 1. The molecule has 0 aliphatic carbocycles. The molecule has 1 aromatic rings. The Bertz CT molecular complexity index is 327. The molecule has 1 aromatic heterocycles. The van der Waals surface area contributed by atoms with Gasteiger partial charge in [0.05, 0.1) is 7.11 Å². The molecule has 0 amide bonds. The summed E-state index contributed by atoms with van der Waals surface area (Å²) in [6.45, 7) is 0. The second-order valence-electron chi connectivity index (χ2n) is 3.27. The van der Waals surface area contributed by atoms with Crippen molar-refractivity contribution < 1.29 is 9.53 Å². The number of hydrogen-bond acceptors (Lipinski definition) is 4. The van der Waals surface area contributed by atoms with Crippen molar-refractivity contribution in [2.24, 2.45) is 5.73 Å². The van der Waals surface area contributed by atoms with Gasteiger partial charge in [-0.15, -0.1) is 11.3 Å². The van der Waals surface area contributed by atoms with Crippen molar-refractivity contribution in [1.29, 1.82) is 0 Å². The fourth-order valence-electron chi connectivity index (χ4n) is 1.22. The third kappa shape index (κ3) is 4.32. The van der Waals surface area contributed by atoms with Crippen LogP contribution in [0.3, 0.4) is 0 Å². The molecular weight excluding hydrogens is 278 g/mol. The Kier molecular flexibility index (Phi) is 5.28. The number of halogens is 1. The minimum Gasteiger partial charge on any atom is -0.469 e. The van der Waals surface area contributed by atoms with Gasteiger partial charge < -0.3 is 10.5 Å². The number of carbonyl (C=O) groups is 1. The third-order valence-corrected chi connectivity index (χ3v) is 4.03. The van der Waals surface area contributed by atoms with Crippen LogP contribution in [0.2, 0.25) is 0 Å². The first-order chi connectivity index (χ1) is 7.13. The molecule has 3 nitrogen and oxygen atoms in total. The van der Waals surface area contributed by atoms with Crippen LogP contribution in [0, 0.1) is 0 Å². The molecule has 15 heavy (non-hydrogen) atoms. The lowest BCUT2D eigenvalue weighted by Crippen LogP contribution is -2.23. The summed E-state index contributed by atoms with van der Waals surface area (Å²) in [4.78, 5) is 12.1. The van der Waals surface area contributed by atoms with Gasteiger partial charge in [-0.2, -0.15) is 0 Å². The van der Waals surface area contributed by atoms with Gasteiger partial charge in [-0.1, -0.05) is 0 Å². The average molecular weight is 292 g/mol. The molecular formula is C10H14BrNO2S. The molecule has 0 aromatic carbocycles. The second kappa shape index (κ2) is 6.25. The van der Waals surface area contributed by atoms with Crippen molar-refractivity contribution in [3.63, 3.8) is 0 Å². The molecule has 0 fully saturated rings. The Labute approximate surface area is 102 Å². The first-order valence-electron chi connectivity index (χ1n) is 4.67. The van der Waals surface area contributed by atoms with Crippen LogP contribution in [0.15, 0.2) is 15.9 Å². The first kappa shape index (κ1) is 12.7. The highest BCUT2D eigenvalue weighted by Gasteiger charge is 2.10. The van der Waals surface area contributed by atoms with E-state index in [2.05, 4.69) is 20.7 Å². The van der Waals surface area contributed by atoms with Crippen LogP contribution in [0.5, 0.6) is 0 Å². The molecule has 0 saturated heterocycles. The quantitative estimate of drug-likeness (QED) is 0.847. The van der Waals surface area contributed by atoms with E-state index >= 15 is 0 Å². The zero-order valence-electron chi connectivity index (χ0n) is 8.53. The summed E-state index contributed by atoms with van der Waals surface area (Å²) in [5, 5.41) is 2.02. The van der Waals surface area contributed by atoms with E-state index in [1.54, 1.807) is 11.3 Å². The molecule has 1 heterocycles. The van der Waals surface area contributed by atoms with E-state index in [9.17, 15) is 4.79 Å². The van der Waals surface area contributed by atoms with Gasteiger partial charge in [0.2, 0.25) is 0 Å². The molecule has 0 radical (unpaired) electrons. The summed E-state index contributed by atoms with van der Waals surface area (Å²) in [5.74, 6) is -0.198. The molecule has 0 bridgehead atoms. The Morgan fingerprint density at radius 2 is 2.47 bits per heavy atom. The fourth-order valence-corrected chi connectivity index (χ4v) is 2.82. The van der Waals surface area contributed by atoms with E-state index < -0.39 is 0 Å². The molecule has 1 atom stereocenters. The molecule has 5 heteroatoms. The van der Waals surface area contributed by atoms with E-state index in [0.29, 0.717) is 12.8 Å². The maximum absolute atomic E-state index is 10.9. The molecule has 0 aliphatic rings. The smallest absolute Gasteiger partial charge is 0.305 e. The highest BCUT2D eigenvalue weighted by Crippen LogP contribution is 2.24. The van der Waals surface area contributed by atoms with Crippen molar-refractivity contribution in [2.75, 3.05) is 7.11 Å². The maximum Gasteiger partial charge on any atom is 0.305 e. The van der Waals surface area contributed by atoms with Gasteiger partial charge in [0.25, 0.3) is 0 Å². The Balaban J connectivity index is 2.33. The highest BCUT2D eigenvalue weighted by molar-refractivity contribution is 9.10. The molecule has 0 aliphatic heterocycles. The number of rotatable bonds is 5. The number of thiophene rings is 1. The Morgan fingerprint density at radius 1 is 1.73 bits per heavy atom. The zero-order chi connectivity index (χ0) is 11.3.